The van der Waals surface area contributed by atoms with Crippen LogP contribution in [0.3, 0.4) is 0 Å². The van der Waals surface area contributed by atoms with Gasteiger partial charge in [0.05, 0.1) is 0 Å². The van der Waals surface area contributed by atoms with Crippen molar-refractivity contribution in [3.63, 3.8) is 0 Å². The third-order valence-corrected chi connectivity index (χ3v) is 2.18. The monoisotopic (exact) mass is 260 g/mol. The lowest BCUT2D eigenvalue weighted by molar-refractivity contribution is -0.138. The van der Waals surface area contributed by atoms with E-state index < -0.39 is 23.7 Å². The highest BCUT2D eigenvalue weighted by Gasteiger charge is 2.15. The van der Waals surface area contributed by atoms with Crippen LogP contribution in [0.2, 0.25) is 0 Å². The van der Waals surface area contributed by atoms with Crippen molar-refractivity contribution in [2.45, 2.75) is 58.1 Å². The van der Waals surface area contributed by atoms with Gasteiger partial charge in [0.15, 0.2) is 0 Å². The molecule has 0 radical (unpaired) electrons. The number of aliphatic carboxylic acids is 1. The minimum Gasteiger partial charge on any atom is -0.480 e. The van der Waals surface area contributed by atoms with E-state index in [2.05, 4.69) is 5.32 Å². The number of hydrogen-bond acceptors (Lipinski definition) is 4. The first-order chi connectivity index (χ1) is 8.22. The molecule has 18 heavy (non-hydrogen) atoms. The van der Waals surface area contributed by atoms with Crippen molar-refractivity contribution in [1.82, 2.24) is 5.32 Å². The number of carboxylic acids is 1. The maximum absolute atomic E-state index is 11.3. The predicted octanol–water partition coefficient (Wildman–Crippen LogP) is 1.48. The van der Waals surface area contributed by atoms with Gasteiger partial charge in [0.2, 0.25) is 0 Å². The summed E-state index contributed by atoms with van der Waals surface area (Å²) in [5, 5.41) is 11.2. The van der Waals surface area contributed by atoms with E-state index in [9.17, 15) is 9.59 Å². The second kappa shape index (κ2) is 7.92. The third-order valence-electron chi connectivity index (χ3n) is 2.18. The summed E-state index contributed by atoms with van der Waals surface area (Å²) in [5.74, 6) is -0.970. The Bertz CT molecular complexity index is 274. The molecule has 0 rings (SSSR count). The third kappa shape index (κ3) is 9.89. The molecule has 1 amide bonds. The molecule has 6 nitrogen and oxygen atoms in total. The number of nitrogens with one attached hydrogen (secondary N) is 1. The molecule has 6 heteroatoms. The zero-order valence-corrected chi connectivity index (χ0v) is 11.4. The summed E-state index contributed by atoms with van der Waals surface area (Å²) in [6, 6.07) is -0.788. The van der Waals surface area contributed by atoms with Crippen molar-refractivity contribution in [2.24, 2.45) is 5.73 Å². The molecule has 0 unspecified atom stereocenters. The van der Waals surface area contributed by atoms with Gasteiger partial charge < -0.3 is 20.9 Å². The van der Waals surface area contributed by atoms with Crippen molar-refractivity contribution in [1.29, 1.82) is 0 Å². The van der Waals surface area contributed by atoms with E-state index in [-0.39, 0.29) is 0 Å². The molecule has 0 aromatic rings. The molecule has 0 aliphatic heterocycles. The van der Waals surface area contributed by atoms with Crippen LogP contribution >= 0.6 is 0 Å². The number of unbranched alkanes of at least 4 members (excludes halogenated alkanes) is 2. The summed E-state index contributed by atoms with van der Waals surface area (Å²) in [6.07, 6.45) is 2.39. The Labute approximate surface area is 108 Å². The average molecular weight is 260 g/mol. The van der Waals surface area contributed by atoms with Crippen LogP contribution in [0.1, 0.15) is 46.5 Å². The summed E-state index contributed by atoms with van der Waals surface area (Å²) in [6.45, 7) is 5.94. The number of amides is 1. The maximum atomic E-state index is 11.3. The van der Waals surface area contributed by atoms with E-state index in [0.29, 0.717) is 13.0 Å². The van der Waals surface area contributed by atoms with Crippen LogP contribution in [-0.2, 0) is 9.53 Å². The molecule has 0 heterocycles. The Kier molecular flexibility index (Phi) is 7.35. The zero-order valence-electron chi connectivity index (χ0n) is 11.4. The first kappa shape index (κ1) is 16.7. The molecule has 0 saturated heterocycles. The Balaban J connectivity index is 3.46. The minimum atomic E-state index is -0.970. The average Bonchev–Trinajstić information content (AvgIpc) is 2.19. The van der Waals surface area contributed by atoms with E-state index in [0.717, 1.165) is 19.3 Å². The number of carboxylic acid groups (broad SMARTS) is 1. The van der Waals surface area contributed by atoms with Crippen molar-refractivity contribution in [3.8, 4) is 0 Å². The van der Waals surface area contributed by atoms with Gasteiger partial charge in [0.1, 0.15) is 11.6 Å². The Hall–Kier alpha value is -1.30. The van der Waals surface area contributed by atoms with E-state index in [1.165, 1.54) is 0 Å². The molecule has 4 N–H and O–H groups in total. The van der Waals surface area contributed by atoms with Crippen LogP contribution in [-0.4, -0.2) is 35.4 Å². The summed E-state index contributed by atoms with van der Waals surface area (Å²) in [4.78, 5) is 21.7. The number of nitrogens with two attached hydrogens (primary N) is 1. The lowest BCUT2D eigenvalue weighted by atomic mass is 10.1. The number of alkyl carbamates (subject to hydrolysis) is 1. The van der Waals surface area contributed by atoms with Crippen LogP contribution in [0.4, 0.5) is 4.79 Å². The molecular formula is C12H24N2O4. The topological polar surface area (TPSA) is 102 Å². The largest absolute Gasteiger partial charge is 0.480 e. The predicted molar refractivity (Wildman–Crippen MR) is 68.3 cm³/mol. The second-order valence-electron chi connectivity index (χ2n) is 5.22. The molecule has 0 saturated carbocycles. The van der Waals surface area contributed by atoms with E-state index >= 15 is 0 Å². The van der Waals surface area contributed by atoms with Gasteiger partial charge in [0, 0.05) is 6.54 Å². The molecule has 0 fully saturated rings. The molecule has 0 aromatic carbocycles. The standard InChI is InChI=1S/C12H24N2O4/c1-12(2,3)18-11(17)14-8-6-4-5-7-9(13)10(15)16/h9H,4-8,13H2,1-3H3,(H,14,17)(H,15,16)/t9-/m0/s1. The van der Waals surface area contributed by atoms with Gasteiger partial charge in [-0.05, 0) is 33.6 Å². The Morgan fingerprint density at radius 1 is 1.28 bits per heavy atom. The van der Waals surface area contributed by atoms with Gasteiger partial charge in [-0.1, -0.05) is 12.8 Å². The van der Waals surface area contributed by atoms with Crippen molar-refractivity contribution in [2.75, 3.05) is 6.54 Å². The molecule has 0 spiro atoms. The van der Waals surface area contributed by atoms with Crippen molar-refractivity contribution < 1.29 is 19.4 Å². The Morgan fingerprint density at radius 3 is 2.39 bits per heavy atom. The molecule has 1 atom stereocenters. The molecule has 106 valence electrons. The fourth-order valence-corrected chi connectivity index (χ4v) is 1.29. The van der Waals surface area contributed by atoms with Gasteiger partial charge in [-0.25, -0.2) is 4.79 Å². The highest BCUT2D eigenvalue weighted by atomic mass is 16.6. The Morgan fingerprint density at radius 2 is 1.89 bits per heavy atom. The number of rotatable bonds is 7. The number of ether oxygens (including phenoxy) is 1. The SMILES string of the molecule is CC(C)(C)OC(=O)NCCCCC[C@H](N)C(=O)O. The van der Waals surface area contributed by atoms with E-state index in [1.54, 1.807) is 20.8 Å². The first-order valence-corrected chi connectivity index (χ1v) is 6.17. The van der Waals surface area contributed by atoms with E-state index in [1.807, 2.05) is 0 Å². The van der Waals surface area contributed by atoms with Gasteiger partial charge in [-0.3, -0.25) is 4.79 Å². The quantitative estimate of drug-likeness (QED) is 0.602. The van der Waals surface area contributed by atoms with Crippen LogP contribution in [0.5, 0.6) is 0 Å². The normalized spacial score (nSPS) is 12.9. The lowest BCUT2D eigenvalue weighted by Gasteiger charge is -2.19. The summed E-state index contributed by atoms with van der Waals surface area (Å²) >= 11 is 0. The molecule has 0 aromatic heterocycles. The first-order valence-electron chi connectivity index (χ1n) is 6.17. The fraction of sp³-hybridized carbons (Fsp3) is 0.833. The van der Waals surface area contributed by atoms with Crippen molar-refractivity contribution in [3.05, 3.63) is 0 Å². The van der Waals surface area contributed by atoms with Crippen LogP contribution < -0.4 is 11.1 Å². The summed E-state index contributed by atoms with van der Waals surface area (Å²) < 4.78 is 5.07. The van der Waals surface area contributed by atoms with Crippen molar-refractivity contribution >= 4 is 12.1 Å². The highest BCUT2D eigenvalue weighted by molar-refractivity contribution is 5.72. The molecule has 0 bridgehead atoms. The minimum absolute atomic E-state index is 0.426. The number of carbonyl (C=O) groups is 2. The van der Waals surface area contributed by atoms with Crippen LogP contribution in [0.15, 0.2) is 0 Å². The van der Waals surface area contributed by atoms with Gasteiger partial charge >= 0.3 is 12.1 Å². The fourth-order valence-electron chi connectivity index (χ4n) is 1.29. The maximum Gasteiger partial charge on any atom is 0.407 e. The number of carbonyl (C=O) groups excluding carboxylic acids is 1. The zero-order chi connectivity index (χ0) is 14.2. The smallest absolute Gasteiger partial charge is 0.407 e. The van der Waals surface area contributed by atoms with Gasteiger partial charge in [-0.2, -0.15) is 0 Å². The molecule has 0 aliphatic carbocycles. The molecular weight excluding hydrogens is 236 g/mol. The van der Waals surface area contributed by atoms with Gasteiger partial charge in [-0.15, -0.1) is 0 Å². The van der Waals surface area contributed by atoms with Crippen LogP contribution in [0.25, 0.3) is 0 Å². The lowest BCUT2D eigenvalue weighted by Crippen LogP contribution is -2.33. The second-order valence-corrected chi connectivity index (χ2v) is 5.22. The summed E-state index contributed by atoms with van der Waals surface area (Å²) in [7, 11) is 0. The highest BCUT2D eigenvalue weighted by Crippen LogP contribution is 2.06. The van der Waals surface area contributed by atoms with E-state index in [4.69, 9.17) is 15.6 Å². The van der Waals surface area contributed by atoms with Crippen LogP contribution in [0, 0.1) is 0 Å². The molecule has 0 aliphatic rings. The van der Waals surface area contributed by atoms with Gasteiger partial charge in [0.25, 0.3) is 0 Å². The number of hydrogen-bond donors (Lipinski definition) is 3. The summed E-state index contributed by atoms with van der Waals surface area (Å²) in [5.41, 5.74) is 4.87.